The van der Waals surface area contributed by atoms with Crippen molar-refractivity contribution in [3.8, 4) is 5.75 Å². The number of halogens is 1. The molecule has 1 aromatic heterocycles. The van der Waals surface area contributed by atoms with Crippen molar-refractivity contribution in [3.63, 3.8) is 0 Å². The first-order valence-electron chi connectivity index (χ1n) is 7.64. The van der Waals surface area contributed by atoms with E-state index in [1.807, 2.05) is 25.1 Å². The van der Waals surface area contributed by atoms with Gasteiger partial charge in [0.2, 0.25) is 0 Å². The number of benzene rings is 2. The van der Waals surface area contributed by atoms with Gasteiger partial charge in [-0.25, -0.2) is 9.37 Å². The molecule has 0 fully saturated rings. The van der Waals surface area contributed by atoms with Crippen LogP contribution in [0.5, 0.6) is 5.75 Å². The number of hydrogen-bond donors (Lipinski definition) is 0. The second kappa shape index (κ2) is 7.44. The van der Waals surface area contributed by atoms with Crippen LogP contribution in [0.1, 0.15) is 32.2 Å². The number of hydrogen-bond acceptors (Lipinski definition) is 5. The number of aromatic nitrogens is 1. The van der Waals surface area contributed by atoms with Gasteiger partial charge < -0.3 is 14.6 Å². The molecule has 0 N–H and O–H groups in total. The van der Waals surface area contributed by atoms with Gasteiger partial charge in [-0.15, -0.1) is 11.3 Å². The lowest BCUT2D eigenvalue weighted by Crippen LogP contribution is -2.22. The number of carbonyl (C=O) groups is 1. The van der Waals surface area contributed by atoms with Crippen LogP contribution >= 0.6 is 11.3 Å². The third-order valence-corrected chi connectivity index (χ3v) is 4.51. The zero-order valence-corrected chi connectivity index (χ0v) is 14.3. The van der Waals surface area contributed by atoms with Crippen LogP contribution in [0.25, 0.3) is 0 Å². The Balaban J connectivity index is 1.80. The highest BCUT2D eigenvalue weighted by Crippen LogP contribution is 2.25. The van der Waals surface area contributed by atoms with Gasteiger partial charge in [-0.1, -0.05) is 35.9 Å². The zero-order valence-electron chi connectivity index (χ0n) is 13.5. The summed E-state index contributed by atoms with van der Waals surface area (Å²) in [6.07, 6.45) is 0.437. The fourth-order valence-corrected chi connectivity index (χ4v) is 3.19. The first-order chi connectivity index (χ1) is 12.0. The monoisotopic (exact) mass is 356 g/mol. The average molecular weight is 356 g/mol. The van der Waals surface area contributed by atoms with Crippen molar-refractivity contribution in [1.82, 2.24) is 4.98 Å². The van der Waals surface area contributed by atoms with Gasteiger partial charge in [-0.05, 0) is 19.1 Å². The number of carboxylic acids is 1. The van der Waals surface area contributed by atoms with Gasteiger partial charge in [0.05, 0.1) is 16.7 Å². The number of thiazole rings is 1. The van der Waals surface area contributed by atoms with E-state index in [9.17, 15) is 14.3 Å². The molecular formula is C19H15FNO3S-. The Morgan fingerprint density at radius 2 is 2.04 bits per heavy atom. The van der Waals surface area contributed by atoms with Crippen LogP contribution < -0.4 is 9.84 Å². The van der Waals surface area contributed by atoms with Crippen LogP contribution in [0.2, 0.25) is 0 Å². The highest BCUT2D eigenvalue weighted by Gasteiger charge is 2.10. The van der Waals surface area contributed by atoms with Gasteiger partial charge in [0.25, 0.3) is 0 Å². The molecule has 3 aromatic rings. The molecule has 3 rings (SSSR count). The number of carbonyl (C=O) groups excluding carboxylic acids is 1. The zero-order chi connectivity index (χ0) is 17.8. The van der Waals surface area contributed by atoms with Crippen molar-refractivity contribution in [1.29, 1.82) is 0 Å². The molecule has 0 aliphatic heterocycles. The molecule has 128 valence electrons. The molecule has 0 radical (unpaired) electrons. The van der Waals surface area contributed by atoms with Crippen LogP contribution in [0.4, 0.5) is 4.39 Å². The van der Waals surface area contributed by atoms with Gasteiger partial charge in [-0.3, -0.25) is 0 Å². The summed E-state index contributed by atoms with van der Waals surface area (Å²) in [5.74, 6) is -0.975. The standard InChI is InChI=1S/C19H16FNO3S/c1-12-6-7-17(24-10-13-4-2-3-5-15(13)20)14(8-12)9-18-21-16(11-25-18)19(22)23/h2-8,11H,9-10H2,1H3,(H,22,23)/p-1. The largest absolute Gasteiger partial charge is 0.543 e. The number of nitrogens with zero attached hydrogens (tertiary/aromatic N) is 1. The SMILES string of the molecule is Cc1ccc(OCc2ccccc2F)c(Cc2nc(C(=O)[O-])cs2)c1. The maximum Gasteiger partial charge on any atom is 0.129 e. The minimum atomic E-state index is -1.29. The molecule has 1 heterocycles. The van der Waals surface area contributed by atoms with Crippen LogP contribution in [0.15, 0.2) is 47.8 Å². The topological polar surface area (TPSA) is 62.2 Å². The van der Waals surface area contributed by atoms with Gasteiger partial charge in [0.1, 0.15) is 18.2 Å². The van der Waals surface area contributed by atoms with Gasteiger partial charge in [0.15, 0.2) is 0 Å². The number of ether oxygens (including phenoxy) is 1. The molecule has 0 unspecified atom stereocenters. The summed E-state index contributed by atoms with van der Waals surface area (Å²) in [6.45, 7) is 2.07. The number of carboxylic acid groups (broad SMARTS) is 1. The third-order valence-electron chi connectivity index (χ3n) is 3.66. The molecule has 6 heteroatoms. The molecule has 0 saturated carbocycles. The normalized spacial score (nSPS) is 10.6. The van der Waals surface area contributed by atoms with E-state index in [0.717, 1.165) is 11.1 Å². The minimum Gasteiger partial charge on any atom is -0.543 e. The second-order valence-corrected chi connectivity index (χ2v) is 6.52. The predicted octanol–water partition coefficient (Wildman–Crippen LogP) is 3.12. The molecule has 0 spiro atoms. The van der Waals surface area contributed by atoms with Crippen molar-refractivity contribution < 1.29 is 19.0 Å². The van der Waals surface area contributed by atoms with Crippen molar-refractivity contribution in [3.05, 3.63) is 81.1 Å². The Bertz CT molecular complexity index is 907. The molecule has 0 aliphatic carbocycles. The molecule has 2 aromatic carbocycles. The Morgan fingerprint density at radius 3 is 2.76 bits per heavy atom. The van der Waals surface area contributed by atoms with Gasteiger partial charge in [-0.2, -0.15) is 0 Å². The number of aryl methyl sites for hydroxylation is 1. The quantitative estimate of drug-likeness (QED) is 0.681. The van der Waals surface area contributed by atoms with Crippen LogP contribution in [-0.4, -0.2) is 11.0 Å². The lowest BCUT2D eigenvalue weighted by Gasteiger charge is -2.12. The fraction of sp³-hybridized carbons (Fsp3) is 0.158. The van der Waals surface area contributed by atoms with E-state index >= 15 is 0 Å². The Labute approximate surface area is 148 Å². The lowest BCUT2D eigenvalue weighted by atomic mass is 10.1. The van der Waals surface area contributed by atoms with Crippen LogP contribution in [0, 0.1) is 12.7 Å². The second-order valence-electron chi connectivity index (χ2n) is 5.58. The molecule has 4 nitrogen and oxygen atoms in total. The molecule has 0 bridgehead atoms. The Hall–Kier alpha value is -2.73. The van der Waals surface area contributed by atoms with E-state index in [0.29, 0.717) is 22.7 Å². The maximum atomic E-state index is 13.7. The van der Waals surface area contributed by atoms with Crippen molar-refractivity contribution in [2.24, 2.45) is 0 Å². The van der Waals surface area contributed by atoms with Crippen molar-refractivity contribution >= 4 is 17.3 Å². The maximum absolute atomic E-state index is 13.7. The molecule has 0 saturated heterocycles. The van der Waals surface area contributed by atoms with E-state index < -0.39 is 5.97 Å². The van der Waals surface area contributed by atoms with E-state index in [4.69, 9.17) is 4.74 Å². The van der Waals surface area contributed by atoms with E-state index in [-0.39, 0.29) is 18.1 Å². The average Bonchev–Trinajstić information content (AvgIpc) is 3.04. The summed E-state index contributed by atoms with van der Waals surface area (Å²) in [5, 5.41) is 13.0. The summed E-state index contributed by atoms with van der Waals surface area (Å²) in [6, 6.07) is 12.2. The summed E-state index contributed by atoms with van der Waals surface area (Å²) >= 11 is 1.26. The molecule has 25 heavy (non-hydrogen) atoms. The van der Waals surface area contributed by atoms with Crippen LogP contribution in [-0.2, 0) is 13.0 Å². The highest BCUT2D eigenvalue weighted by atomic mass is 32.1. The lowest BCUT2D eigenvalue weighted by molar-refractivity contribution is -0.255. The van der Waals surface area contributed by atoms with Gasteiger partial charge in [0, 0.05) is 22.9 Å². The number of aromatic carboxylic acids is 1. The molecule has 0 amide bonds. The van der Waals surface area contributed by atoms with E-state index in [2.05, 4.69) is 4.98 Å². The first-order valence-corrected chi connectivity index (χ1v) is 8.52. The Kier molecular flexibility index (Phi) is 5.09. The summed E-state index contributed by atoms with van der Waals surface area (Å²) in [4.78, 5) is 14.9. The van der Waals surface area contributed by atoms with E-state index in [1.54, 1.807) is 18.2 Å². The van der Waals surface area contributed by atoms with Crippen LogP contribution in [0.3, 0.4) is 0 Å². The third kappa shape index (κ3) is 4.22. The van der Waals surface area contributed by atoms with Crippen molar-refractivity contribution in [2.45, 2.75) is 20.0 Å². The first kappa shape index (κ1) is 17.1. The summed E-state index contributed by atoms with van der Waals surface area (Å²) in [7, 11) is 0. The predicted molar refractivity (Wildman–Crippen MR) is 91.2 cm³/mol. The highest BCUT2D eigenvalue weighted by molar-refractivity contribution is 7.09. The van der Waals surface area contributed by atoms with Gasteiger partial charge >= 0.3 is 0 Å². The number of rotatable bonds is 6. The molecule has 0 aliphatic rings. The van der Waals surface area contributed by atoms with E-state index in [1.165, 1.54) is 22.8 Å². The minimum absolute atomic E-state index is 0.0681. The fourth-order valence-electron chi connectivity index (χ4n) is 2.41. The molecular weight excluding hydrogens is 341 g/mol. The smallest absolute Gasteiger partial charge is 0.129 e. The summed E-state index contributed by atoms with van der Waals surface area (Å²) in [5.41, 5.74) is 2.32. The summed E-state index contributed by atoms with van der Waals surface area (Å²) < 4.78 is 19.5. The van der Waals surface area contributed by atoms with Crippen molar-refractivity contribution in [2.75, 3.05) is 0 Å². The molecule has 0 atom stereocenters. The Morgan fingerprint density at radius 1 is 1.24 bits per heavy atom.